The average molecular weight is 369 g/mol. The van der Waals surface area contributed by atoms with Crippen LogP contribution in [-0.4, -0.2) is 42.4 Å². The van der Waals surface area contributed by atoms with E-state index in [9.17, 15) is 0 Å². The fourth-order valence-electron chi connectivity index (χ4n) is 3.46. The van der Waals surface area contributed by atoms with E-state index in [1.165, 1.54) is 0 Å². The van der Waals surface area contributed by atoms with E-state index in [4.69, 9.17) is 18.9 Å². The van der Waals surface area contributed by atoms with Crippen LogP contribution in [0.1, 0.15) is 86.5 Å². The largest absolute Gasteiger partial charge is 0.373 e. The van der Waals surface area contributed by atoms with Gasteiger partial charge < -0.3 is 18.9 Å². The lowest BCUT2D eigenvalue weighted by Crippen LogP contribution is -2.39. The normalized spacial score (nSPS) is 25.9. The minimum Gasteiger partial charge on any atom is -0.373 e. The molecule has 2 aliphatic rings. The van der Waals surface area contributed by atoms with Crippen LogP contribution in [0.3, 0.4) is 0 Å². The first kappa shape index (κ1) is 21.9. The van der Waals surface area contributed by atoms with Crippen LogP contribution in [0, 0.1) is 0 Å². The first-order chi connectivity index (χ1) is 12.3. The molecule has 1 heterocycles. The summed E-state index contributed by atoms with van der Waals surface area (Å²) >= 11 is 0. The summed E-state index contributed by atoms with van der Waals surface area (Å²) in [7, 11) is 0. The van der Waals surface area contributed by atoms with Crippen molar-refractivity contribution in [2.75, 3.05) is 13.2 Å². The van der Waals surface area contributed by atoms with E-state index in [0.29, 0.717) is 13.2 Å². The van der Waals surface area contributed by atoms with Crippen molar-refractivity contribution in [2.24, 2.45) is 0 Å². The molecular formula is C22H40O4. The summed E-state index contributed by atoms with van der Waals surface area (Å²) in [6.45, 7) is 14.2. The van der Waals surface area contributed by atoms with Gasteiger partial charge in [-0.1, -0.05) is 33.8 Å². The predicted octanol–water partition coefficient (Wildman–Crippen LogP) is 5.40. The van der Waals surface area contributed by atoms with Gasteiger partial charge >= 0.3 is 0 Å². The molecule has 1 aliphatic heterocycles. The van der Waals surface area contributed by atoms with E-state index in [1.807, 2.05) is 0 Å². The first-order valence-corrected chi connectivity index (χ1v) is 10.6. The van der Waals surface area contributed by atoms with Crippen molar-refractivity contribution in [3.8, 4) is 0 Å². The fraction of sp³-hybridized carbons (Fsp3) is 0.909. The lowest BCUT2D eigenvalue weighted by Gasteiger charge is -2.31. The van der Waals surface area contributed by atoms with Gasteiger partial charge in [-0.2, -0.15) is 0 Å². The number of ether oxygens (including phenoxy) is 4. The van der Waals surface area contributed by atoms with Crippen LogP contribution in [0.25, 0.3) is 0 Å². The van der Waals surface area contributed by atoms with Crippen LogP contribution in [-0.2, 0) is 18.9 Å². The Labute approximate surface area is 160 Å². The standard InChI is InChI=1S/C22H40O4/c1-7-20(5,8-2)23-16-18-19(17-24-21(6,9-3)10-4)26-22(25-18)14-12-11-13-15-22/h12,14,18-19H,7-11,13,15-17H2,1-6H3/t18-,19-/m0/s1. The van der Waals surface area contributed by atoms with Crippen molar-refractivity contribution in [3.63, 3.8) is 0 Å². The summed E-state index contributed by atoms with van der Waals surface area (Å²) in [4.78, 5) is 0. The summed E-state index contributed by atoms with van der Waals surface area (Å²) in [5, 5.41) is 0. The molecule has 2 rings (SSSR count). The van der Waals surface area contributed by atoms with Crippen molar-refractivity contribution in [1.29, 1.82) is 0 Å². The molecule has 4 heteroatoms. The highest BCUT2D eigenvalue weighted by Crippen LogP contribution is 2.38. The van der Waals surface area contributed by atoms with Gasteiger partial charge in [-0.25, -0.2) is 0 Å². The van der Waals surface area contributed by atoms with Crippen LogP contribution < -0.4 is 0 Å². The summed E-state index contributed by atoms with van der Waals surface area (Å²) < 4.78 is 25.4. The second kappa shape index (κ2) is 9.18. The van der Waals surface area contributed by atoms with Gasteiger partial charge in [0.1, 0.15) is 12.2 Å². The third-order valence-corrected chi connectivity index (χ3v) is 6.57. The fourth-order valence-corrected chi connectivity index (χ4v) is 3.46. The topological polar surface area (TPSA) is 36.9 Å². The summed E-state index contributed by atoms with van der Waals surface area (Å²) in [5.74, 6) is -0.579. The van der Waals surface area contributed by atoms with Crippen LogP contribution in [0.4, 0.5) is 0 Å². The molecular weight excluding hydrogens is 328 g/mol. The van der Waals surface area contributed by atoms with E-state index >= 15 is 0 Å². The molecule has 1 aliphatic carbocycles. The molecule has 2 atom stereocenters. The Morgan fingerprint density at radius 1 is 0.885 bits per heavy atom. The molecule has 1 spiro atoms. The minimum atomic E-state index is -0.579. The molecule has 0 bridgehead atoms. The molecule has 1 saturated heterocycles. The van der Waals surface area contributed by atoms with Gasteiger partial charge in [-0.15, -0.1) is 0 Å². The monoisotopic (exact) mass is 368 g/mol. The zero-order valence-corrected chi connectivity index (χ0v) is 17.8. The molecule has 1 fully saturated rings. The van der Waals surface area contributed by atoms with E-state index in [-0.39, 0.29) is 23.4 Å². The Morgan fingerprint density at radius 2 is 1.35 bits per heavy atom. The number of hydrogen-bond acceptors (Lipinski definition) is 4. The average Bonchev–Trinajstić information content (AvgIpc) is 3.01. The van der Waals surface area contributed by atoms with Crippen LogP contribution >= 0.6 is 0 Å². The SMILES string of the molecule is CCC(C)(CC)OC[C@@H]1OC2(C=CCCC2)O[C@H]1COC(C)(CC)CC. The van der Waals surface area contributed by atoms with Gasteiger partial charge in [0.2, 0.25) is 0 Å². The van der Waals surface area contributed by atoms with Crippen molar-refractivity contribution in [2.45, 2.75) is 116 Å². The Hall–Kier alpha value is -0.420. The molecule has 0 aromatic heterocycles. The third-order valence-electron chi connectivity index (χ3n) is 6.57. The summed E-state index contributed by atoms with van der Waals surface area (Å²) in [5.41, 5.74) is -0.206. The second-order valence-corrected chi connectivity index (χ2v) is 8.36. The van der Waals surface area contributed by atoms with Crippen molar-refractivity contribution in [1.82, 2.24) is 0 Å². The lowest BCUT2D eigenvalue weighted by molar-refractivity contribution is -0.161. The van der Waals surface area contributed by atoms with Crippen molar-refractivity contribution in [3.05, 3.63) is 12.2 Å². The van der Waals surface area contributed by atoms with Crippen molar-refractivity contribution < 1.29 is 18.9 Å². The Morgan fingerprint density at radius 3 is 1.69 bits per heavy atom. The molecule has 0 aromatic carbocycles. The minimum absolute atomic E-state index is 0.0897. The maximum atomic E-state index is 6.41. The van der Waals surface area contributed by atoms with Gasteiger partial charge in [0.15, 0.2) is 5.79 Å². The van der Waals surface area contributed by atoms with Gasteiger partial charge in [-0.3, -0.25) is 0 Å². The quantitative estimate of drug-likeness (QED) is 0.484. The van der Waals surface area contributed by atoms with Crippen LogP contribution in [0.2, 0.25) is 0 Å². The van der Waals surface area contributed by atoms with E-state index < -0.39 is 5.79 Å². The van der Waals surface area contributed by atoms with Crippen LogP contribution in [0.5, 0.6) is 0 Å². The van der Waals surface area contributed by atoms with E-state index in [1.54, 1.807) is 0 Å². The highest BCUT2D eigenvalue weighted by Gasteiger charge is 2.47. The van der Waals surface area contributed by atoms with E-state index in [0.717, 1.165) is 44.9 Å². The lowest BCUT2D eigenvalue weighted by atomic mass is 9.99. The van der Waals surface area contributed by atoms with Gasteiger partial charge in [0.05, 0.1) is 24.4 Å². The Balaban J connectivity index is 2.05. The first-order valence-electron chi connectivity index (χ1n) is 10.6. The highest BCUT2D eigenvalue weighted by atomic mass is 16.8. The molecule has 0 aromatic rings. The molecule has 152 valence electrons. The molecule has 0 N–H and O–H groups in total. The van der Waals surface area contributed by atoms with Crippen molar-refractivity contribution >= 4 is 0 Å². The number of hydrogen-bond donors (Lipinski definition) is 0. The summed E-state index contributed by atoms with van der Waals surface area (Å²) in [6.07, 6.45) is 11.2. The van der Waals surface area contributed by atoms with Gasteiger partial charge in [0, 0.05) is 6.42 Å². The number of allylic oxidation sites excluding steroid dienone is 1. The molecule has 26 heavy (non-hydrogen) atoms. The zero-order valence-electron chi connectivity index (χ0n) is 17.8. The zero-order chi connectivity index (χ0) is 19.3. The third kappa shape index (κ3) is 5.31. The summed E-state index contributed by atoms with van der Waals surface area (Å²) in [6, 6.07) is 0. The molecule has 0 amide bonds. The maximum Gasteiger partial charge on any atom is 0.188 e. The number of rotatable bonds is 10. The van der Waals surface area contributed by atoms with Crippen LogP contribution in [0.15, 0.2) is 12.2 Å². The Bertz CT molecular complexity index is 421. The molecule has 0 radical (unpaired) electrons. The predicted molar refractivity (Wildman–Crippen MR) is 105 cm³/mol. The van der Waals surface area contributed by atoms with Gasteiger partial charge in [-0.05, 0) is 58.4 Å². The maximum absolute atomic E-state index is 6.41. The second-order valence-electron chi connectivity index (χ2n) is 8.36. The molecule has 4 nitrogen and oxygen atoms in total. The Kier molecular flexibility index (Phi) is 7.73. The van der Waals surface area contributed by atoms with E-state index in [2.05, 4.69) is 53.7 Å². The smallest absolute Gasteiger partial charge is 0.188 e. The van der Waals surface area contributed by atoms with Gasteiger partial charge in [0.25, 0.3) is 0 Å². The molecule has 0 unspecified atom stereocenters. The molecule has 0 saturated carbocycles. The highest BCUT2D eigenvalue weighted by molar-refractivity contribution is 5.05.